The zero-order valence-corrected chi connectivity index (χ0v) is 15.6. The Hall–Kier alpha value is -1.60. The maximum atomic E-state index is 11.2. The first-order chi connectivity index (χ1) is 11.5. The van der Waals surface area contributed by atoms with E-state index >= 15 is 0 Å². The van der Waals surface area contributed by atoms with Crippen LogP contribution in [0.25, 0.3) is 0 Å². The van der Waals surface area contributed by atoms with Crippen LogP contribution in [-0.2, 0) is 12.8 Å². The van der Waals surface area contributed by atoms with Gasteiger partial charge in [0.1, 0.15) is 0 Å². The molecule has 2 heteroatoms. The second-order valence-corrected chi connectivity index (χ2v) is 7.34. The summed E-state index contributed by atoms with van der Waals surface area (Å²) >= 11 is 5.52. The Bertz CT molecular complexity index is 641. The highest BCUT2D eigenvalue weighted by atomic mass is 35.5. The summed E-state index contributed by atoms with van der Waals surface area (Å²) in [4.78, 5) is 11.2. The smallest absolute Gasteiger partial charge is 0.252 e. The van der Waals surface area contributed by atoms with E-state index in [2.05, 4.69) is 45.0 Å². The molecule has 2 aromatic rings. The minimum atomic E-state index is -0.396. The molecule has 0 bridgehead atoms. The van der Waals surface area contributed by atoms with Crippen LogP contribution in [-0.4, -0.2) is 5.24 Å². The van der Waals surface area contributed by atoms with Crippen molar-refractivity contribution in [3.05, 3.63) is 70.8 Å². The van der Waals surface area contributed by atoms with Crippen LogP contribution in [0.2, 0.25) is 0 Å². The van der Waals surface area contributed by atoms with Crippen LogP contribution in [0, 0.1) is 5.92 Å². The fraction of sp³-hybridized carbons (Fsp3) is 0.409. The fourth-order valence-corrected chi connectivity index (χ4v) is 3.31. The highest BCUT2D eigenvalue weighted by molar-refractivity contribution is 6.67. The predicted molar refractivity (Wildman–Crippen MR) is 103 cm³/mol. The van der Waals surface area contributed by atoms with Crippen molar-refractivity contribution in [3.63, 3.8) is 0 Å². The summed E-state index contributed by atoms with van der Waals surface area (Å²) in [7, 11) is 0. The van der Waals surface area contributed by atoms with E-state index in [0.29, 0.717) is 17.4 Å². The minimum absolute atomic E-state index is 0.396. The maximum absolute atomic E-state index is 11.2. The number of benzene rings is 2. The summed E-state index contributed by atoms with van der Waals surface area (Å²) < 4.78 is 0. The molecular formula is C22H27ClO. The number of carbonyl (C=O) groups is 1. The van der Waals surface area contributed by atoms with E-state index in [1.807, 2.05) is 24.3 Å². The van der Waals surface area contributed by atoms with Gasteiger partial charge < -0.3 is 0 Å². The number of hydrogen-bond acceptors (Lipinski definition) is 1. The Morgan fingerprint density at radius 2 is 1.46 bits per heavy atom. The first-order valence-electron chi connectivity index (χ1n) is 8.87. The average Bonchev–Trinajstić information content (AvgIpc) is 2.55. The molecule has 1 nitrogen and oxygen atoms in total. The molecule has 0 aliphatic carbocycles. The van der Waals surface area contributed by atoms with E-state index in [4.69, 9.17) is 11.6 Å². The number of rotatable bonds is 8. The second kappa shape index (κ2) is 9.03. The summed E-state index contributed by atoms with van der Waals surface area (Å²) in [5.74, 6) is 1.20. The summed E-state index contributed by atoms with van der Waals surface area (Å²) in [5, 5.41) is -0.396. The zero-order valence-electron chi connectivity index (χ0n) is 14.9. The van der Waals surface area contributed by atoms with E-state index < -0.39 is 5.24 Å². The lowest BCUT2D eigenvalue weighted by Crippen LogP contribution is -2.04. The van der Waals surface area contributed by atoms with Gasteiger partial charge in [0.15, 0.2) is 0 Å². The molecule has 0 saturated heterocycles. The molecule has 0 saturated carbocycles. The van der Waals surface area contributed by atoms with Crippen LogP contribution in [0.1, 0.15) is 66.6 Å². The molecule has 0 aromatic heterocycles. The van der Waals surface area contributed by atoms with Gasteiger partial charge in [-0.25, -0.2) is 0 Å². The highest BCUT2D eigenvalue weighted by Gasteiger charge is 2.12. The molecule has 128 valence electrons. The molecule has 0 aliphatic heterocycles. The second-order valence-electron chi connectivity index (χ2n) is 7.00. The normalized spacial score (nSPS) is 12.4. The number of carbonyl (C=O) groups excluding carboxylic acids is 1. The van der Waals surface area contributed by atoms with Crippen molar-refractivity contribution in [2.24, 2.45) is 5.92 Å². The molecule has 0 radical (unpaired) electrons. The van der Waals surface area contributed by atoms with Crippen LogP contribution in [0.15, 0.2) is 48.5 Å². The van der Waals surface area contributed by atoms with Gasteiger partial charge >= 0.3 is 0 Å². The van der Waals surface area contributed by atoms with Gasteiger partial charge in [-0.05, 0) is 71.5 Å². The molecule has 0 aliphatic rings. The minimum Gasteiger partial charge on any atom is -0.276 e. The van der Waals surface area contributed by atoms with Crippen LogP contribution in [0.5, 0.6) is 0 Å². The first kappa shape index (κ1) is 18.7. The quantitative estimate of drug-likeness (QED) is 0.508. The van der Waals surface area contributed by atoms with Crippen molar-refractivity contribution in [2.75, 3.05) is 0 Å². The van der Waals surface area contributed by atoms with Crippen LogP contribution in [0.4, 0.5) is 0 Å². The van der Waals surface area contributed by atoms with Gasteiger partial charge in [0.05, 0.1) is 0 Å². The van der Waals surface area contributed by atoms with Gasteiger partial charge in [-0.1, -0.05) is 63.6 Å². The fourth-order valence-electron chi connectivity index (χ4n) is 3.19. The molecule has 0 spiro atoms. The van der Waals surface area contributed by atoms with Crippen LogP contribution in [0.3, 0.4) is 0 Å². The third-order valence-corrected chi connectivity index (χ3v) is 4.61. The third-order valence-electron chi connectivity index (χ3n) is 4.40. The number of halogens is 1. The lowest BCUT2D eigenvalue weighted by Gasteiger charge is -2.18. The van der Waals surface area contributed by atoms with Crippen molar-refractivity contribution < 1.29 is 4.79 Å². The van der Waals surface area contributed by atoms with Gasteiger partial charge in [-0.3, -0.25) is 4.79 Å². The zero-order chi connectivity index (χ0) is 17.5. The van der Waals surface area contributed by atoms with Crippen LogP contribution >= 0.6 is 11.6 Å². The molecule has 0 amide bonds. The maximum Gasteiger partial charge on any atom is 0.252 e. The van der Waals surface area contributed by atoms with Crippen LogP contribution < -0.4 is 0 Å². The SMILES string of the molecule is CCCC(Cc1ccc(C(=O)Cl)cc1)c1ccc(CC(C)C)cc1. The Morgan fingerprint density at radius 1 is 0.917 bits per heavy atom. The average molecular weight is 343 g/mol. The van der Waals surface area contributed by atoms with Gasteiger partial charge in [0, 0.05) is 5.56 Å². The number of hydrogen-bond donors (Lipinski definition) is 0. The van der Waals surface area contributed by atoms with E-state index in [9.17, 15) is 4.79 Å². The summed E-state index contributed by atoms with van der Waals surface area (Å²) in [5.41, 5.74) is 4.63. The molecule has 2 aromatic carbocycles. The van der Waals surface area contributed by atoms with E-state index in [1.54, 1.807) is 0 Å². The van der Waals surface area contributed by atoms with Gasteiger partial charge in [-0.15, -0.1) is 0 Å². The molecular weight excluding hydrogens is 316 g/mol. The Kier molecular flexibility index (Phi) is 7.05. The van der Waals surface area contributed by atoms with E-state index in [-0.39, 0.29) is 0 Å². The summed E-state index contributed by atoms with van der Waals surface area (Å²) in [6.07, 6.45) is 4.46. The lowest BCUT2D eigenvalue weighted by atomic mass is 9.87. The molecule has 24 heavy (non-hydrogen) atoms. The van der Waals surface area contributed by atoms with Gasteiger partial charge in [0.2, 0.25) is 0 Å². The summed E-state index contributed by atoms with van der Waals surface area (Å²) in [6.45, 7) is 6.74. The molecule has 0 heterocycles. The predicted octanol–water partition coefficient (Wildman–Crippen LogP) is 6.39. The van der Waals surface area contributed by atoms with E-state index in [1.165, 1.54) is 23.1 Å². The Balaban J connectivity index is 2.12. The largest absolute Gasteiger partial charge is 0.276 e. The van der Waals surface area contributed by atoms with Crippen molar-refractivity contribution >= 4 is 16.8 Å². The van der Waals surface area contributed by atoms with Gasteiger partial charge in [-0.2, -0.15) is 0 Å². The Labute approximate surface area is 151 Å². The Morgan fingerprint density at radius 3 is 1.96 bits per heavy atom. The van der Waals surface area contributed by atoms with Gasteiger partial charge in [0.25, 0.3) is 5.24 Å². The molecule has 2 rings (SSSR count). The molecule has 0 fully saturated rings. The first-order valence-corrected chi connectivity index (χ1v) is 9.25. The molecule has 1 unspecified atom stereocenters. The van der Waals surface area contributed by atoms with E-state index in [0.717, 1.165) is 19.3 Å². The van der Waals surface area contributed by atoms with Crippen molar-refractivity contribution in [1.29, 1.82) is 0 Å². The molecule has 1 atom stereocenters. The topological polar surface area (TPSA) is 17.1 Å². The van der Waals surface area contributed by atoms with Crippen molar-refractivity contribution in [2.45, 2.75) is 52.4 Å². The molecule has 0 N–H and O–H groups in total. The van der Waals surface area contributed by atoms with Crippen molar-refractivity contribution in [1.82, 2.24) is 0 Å². The van der Waals surface area contributed by atoms with Crippen molar-refractivity contribution in [3.8, 4) is 0 Å². The third kappa shape index (κ3) is 5.49. The lowest BCUT2D eigenvalue weighted by molar-refractivity contribution is 0.108. The standard InChI is InChI=1S/C22H27ClO/c1-4-5-21(15-18-8-12-20(13-9-18)22(23)24)19-10-6-17(7-11-19)14-16(2)3/h6-13,16,21H,4-5,14-15H2,1-3H3. The summed E-state index contributed by atoms with van der Waals surface area (Å²) in [6, 6.07) is 16.8. The highest BCUT2D eigenvalue weighted by Crippen LogP contribution is 2.27. The monoisotopic (exact) mass is 342 g/mol.